The van der Waals surface area contributed by atoms with E-state index in [0.29, 0.717) is 12.6 Å². The average Bonchev–Trinajstić information content (AvgIpc) is 2.67. The number of nitrogens with zero attached hydrogens (tertiary/aromatic N) is 3. The molecule has 17 heavy (non-hydrogen) atoms. The van der Waals surface area contributed by atoms with Crippen molar-refractivity contribution in [3.63, 3.8) is 0 Å². The first-order valence-electron chi connectivity index (χ1n) is 5.38. The minimum Gasteiger partial charge on any atom is -0.357 e. The molecule has 0 fully saturated rings. The molecule has 0 N–H and O–H groups in total. The predicted octanol–water partition coefficient (Wildman–Crippen LogP) is 1.90. The van der Waals surface area contributed by atoms with Crippen molar-refractivity contribution in [2.45, 2.75) is 20.0 Å². The van der Waals surface area contributed by atoms with Crippen LogP contribution in [0, 0.1) is 23.2 Å². The molecule has 5 nitrogen and oxygen atoms in total. The third-order valence-corrected chi connectivity index (χ3v) is 2.74. The summed E-state index contributed by atoms with van der Waals surface area (Å²) in [5, 5.41) is 2.77. The van der Waals surface area contributed by atoms with E-state index in [4.69, 9.17) is 11.2 Å². The Bertz CT molecular complexity index is 370. The van der Waals surface area contributed by atoms with Gasteiger partial charge < -0.3 is 14.5 Å². The van der Waals surface area contributed by atoms with Gasteiger partial charge in [-0.2, -0.15) is 0 Å². The zero-order valence-corrected chi connectivity index (χ0v) is 10.3. The average molecular weight is 235 g/mol. The van der Waals surface area contributed by atoms with Crippen LogP contribution in [0.15, 0.2) is 29.6 Å². The van der Waals surface area contributed by atoms with Crippen molar-refractivity contribution >= 4 is 0 Å². The Morgan fingerprint density at radius 3 is 2.88 bits per heavy atom. The number of terminal acetylenes is 1. The summed E-state index contributed by atoms with van der Waals surface area (Å²) in [7, 11) is 1.83. The highest BCUT2D eigenvalue weighted by molar-refractivity contribution is 5.12. The van der Waals surface area contributed by atoms with E-state index in [1.54, 1.807) is 9.80 Å². The van der Waals surface area contributed by atoms with Gasteiger partial charge >= 0.3 is 0 Å². The van der Waals surface area contributed by atoms with Gasteiger partial charge in [0.1, 0.15) is 18.8 Å². The van der Waals surface area contributed by atoms with Gasteiger partial charge in [-0.1, -0.05) is 0 Å². The Kier molecular flexibility index (Phi) is 4.73. The van der Waals surface area contributed by atoms with Gasteiger partial charge in [-0.25, -0.2) is 0 Å². The third kappa shape index (κ3) is 3.33. The van der Waals surface area contributed by atoms with Crippen LogP contribution < -0.4 is 0 Å². The van der Waals surface area contributed by atoms with E-state index >= 15 is 0 Å². The molecule has 0 saturated carbocycles. The van der Waals surface area contributed by atoms with E-state index in [-0.39, 0.29) is 12.0 Å². The lowest BCUT2D eigenvalue weighted by atomic mass is 10.1. The molecule has 0 aromatic rings. The molecule has 1 rings (SSSR count). The van der Waals surface area contributed by atoms with Crippen molar-refractivity contribution in [3.05, 3.63) is 29.3 Å². The Morgan fingerprint density at radius 1 is 1.59 bits per heavy atom. The highest BCUT2D eigenvalue weighted by atomic mass is 16.5. The highest BCUT2D eigenvalue weighted by Gasteiger charge is 2.18. The molecule has 0 amide bonds. The van der Waals surface area contributed by atoms with Crippen LogP contribution in [-0.4, -0.2) is 29.7 Å². The summed E-state index contributed by atoms with van der Waals surface area (Å²) >= 11 is 0. The van der Waals surface area contributed by atoms with Crippen molar-refractivity contribution in [1.29, 1.82) is 0 Å². The molecule has 1 heterocycles. The lowest BCUT2D eigenvalue weighted by molar-refractivity contribution is -0.00200. The summed E-state index contributed by atoms with van der Waals surface area (Å²) < 4.78 is 5.62. The molecule has 0 bridgehead atoms. The Labute approximate surface area is 102 Å². The molecule has 0 aromatic carbocycles. The number of nitroso groups, excluding NO2 is 1. The van der Waals surface area contributed by atoms with E-state index in [1.807, 2.05) is 33.3 Å². The molecule has 0 aromatic heterocycles. The van der Waals surface area contributed by atoms with Crippen LogP contribution in [0.1, 0.15) is 13.8 Å². The van der Waals surface area contributed by atoms with E-state index in [0.717, 1.165) is 0 Å². The van der Waals surface area contributed by atoms with Gasteiger partial charge in [-0.05, 0) is 19.0 Å². The molecule has 0 spiro atoms. The second kappa shape index (κ2) is 6.06. The summed E-state index contributed by atoms with van der Waals surface area (Å²) in [5.41, 5.74) is 0. The van der Waals surface area contributed by atoms with Crippen LogP contribution in [0.2, 0.25) is 0 Å². The number of hydrogen-bond acceptors (Lipinski definition) is 5. The topological polar surface area (TPSA) is 45.1 Å². The largest absolute Gasteiger partial charge is 0.357 e. The predicted molar refractivity (Wildman–Crippen MR) is 66.0 cm³/mol. The molecular weight excluding hydrogens is 218 g/mol. The van der Waals surface area contributed by atoms with Crippen LogP contribution in [0.3, 0.4) is 0 Å². The van der Waals surface area contributed by atoms with Gasteiger partial charge in [0, 0.05) is 25.4 Å². The first-order valence-corrected chi connectivity index (χ1v) is 5.38. The molecule has 2 unspecified atom stereocenters. The van der Waals surface area contributed by atoms with Crippen molar-refractivity contribution in [1.82, 2.24) is 9.80 Å². The highest BCUT2D eigenvalue weighted by Crippen LogP contribution is 2.18. The Balaban J connectivity index is 2.53. The minimum absolute atomic E-state index is 0.0373. The maximum atomic E-state index is 10.3. The van der Waals surface area contributed by atoms with Gasteiger partial charge in [0.15, 0.2) is 0 Å². The minimum atomic E-state index is -0.0373. The Hall–Kier alpha value is -1.80. The third-order valence-electron chi connectivity index (χ3n) is 2.74. The molecule has 1 aliphatic heterocycles. The molecule has 1 aliphatic rings. The fraction of sp³-hybridized carbons (Fsp3) is 0.500. The van der Waals surface area contributed by atoms with Crippen LogP contribution >= 0.6 is 0 Å². The zero-order valence-electron chi connectivity index (χ0n) is 10.3. The standard InChI is InChI=1S/C12H17N3O2/c1-5-10(2)11(3)17-9-15-7-6-14(4)12(15)8-13-16/h1,6-8,10-11H,9H2,2-4H3/b12-8-. The van der Waals surface area contributed by atoms with E-state index in [2.05, 4.69) is 11.1 Å². The first kappa shape index (κ1) is 13.3. The summed E-state index contributed by atoms with van der Waals surface area (Å²) in [4.78, 5) is 13.9. The summed E-state index contributed by atoms with van der Waals surface area (Å²) in [5.74, 6) is 3.36. The number of rotatable bonds is 5. The fourth-order valence-corrected chi connectivity index (χ4v) is 1.34. The maximum Gasteiger partial charge on any atom is 0.136 e. The normalized spacial score (nSPS) is 20.5. The molecule has 0 radical (unpaired) electrons. The monoisotopic (exact) mass is 235 g/mol. The molecule has 92 valence electrons. The van der Waals surface area contributed by atoms with Gasteiger partial charge in [0.25, 0.3) is 0 Å². The molecule has 2 atom stereocenters. The van der Waals surface area contributed by atoms with E-state index in [1.165, 1.54) is 6.20 Å². The van der Waals surface area contributed by atoms with Crippen LogP contribution in [0.4, 0.5) is 0 Å². The van der Waals surface area contributed by atoms with Crippen LogP contribution in [-0.2, 0) is 4.74 Å². The SMILES string of the molecule is C#CC(C)C(C)OCN1C=CN(C)/C1=C/N=O. The van der Waals surface area contributed by atoms with Crippen molar-refractivity contribution in [2.75, 3.05) is 13.8 Å². The van der Waals surface area contributed by atoms with Gasteiger partial charge in [0.05, 0.1) is 6.10 Å². The lowest BCUT2D eigenvalue weighted by Gasteiger charge is -2.24. The summed E-state index contributed by atoms with van der Waals surface area (Å²) in [6.07, 6.45) is 10.2. The van der Waals surface area contributed by atoms with Gasteiger partial charge in [-0.15, -0.1) is 17.3 Å². The van der Waals surface area contributed by atoms with Gasteiger partial charge in [0.2, 0.25) is 0 Å². The van der Waals surface area contributed by atoms with E-state index in [9.17, 15) is 4.91 Å². The number of hydrogen-bond donors (Lipinski definition) is 0. The summed E-state index contributed by atoms with van der Waals surface area (Å²) in [6.45, 7) is 4.20. The molecular formula is C12H17N3O2. The quantitative estimate of drug-likeness (QED) is 0.539. The fourth-order valence-electron chi connectivity index (χ4n) is 1.34. The molecule has 0 aliphatic carbocycles. The van der Waals surface area contributed by atoms with Crippen molar-refractivity contribution in [3.8, 4) is 12.3 Å². The van der Waals surface area contributed by atoms with Crippen molar-refractivity contribution < 1.29 is 4.74 Å². The zero-order chi connectivity index (χ0) is 12.8. The second-order valence-electron chi connectivity index (χ2n) is 3.93. The van der Waals surface area contributed by atoms with E-state index < -0.39 is 0 Å². The molecule has 0 saturated heterocycles. The second-order valence-corrected chi connectivity index (χ2v) is 3.93. The van der Waals surface area contributed by atoms with Crippen LogP contribution in [0.5, 0.6) is 0 Å². The first-order chi connectivity index (χ1) is 8.10. The lowest BCUT2D eigenvalue weighted by Crippen LogP contribution is -2.27. The van der Waals surface area contributed by atoms with Crippen molar-refractivity contribution in [2.24, 2.45) is 11.1 Å². The molecule has 5 heteroatoms. The summed E-state index contributed by atoms with van der Waals surface area (Å²) in [6, 6.07) is 0. The van der Waals surface area contributed by atoms with Crippen LogP contribution in [0.25, 0.3) is 0 Å². The number of ether oxygens (including phenoxy) is 1. The Morgan fingerprint density at radius 2 is 2.29 bits per heavy atom. The maximum absolute atomic E-state index is 10.3. The smallest absolute Gasteiger partial charge is 0.136 e. The van der Waals surface area contributed by atoms with Gasteiger partial charge in [-0.3, -0.25) is 0 Å².